The average molecular weight is 1240 g/mol. The summed E-state index contributed by atoms with van der Waals surface area (Å²) < 4.78 is 60.8. The maximum absolute atomic E-state index is 12.9. The van der Waals surface area contributed by atoms with Crippen molar-refractivity contribution in [1.82, 2.24) is 0 Å². The molecule has 9 fully saturated rings. The second kappa shape index (κ2) is 26.2. The van der Waals surface area contributed by atoms with Gasteiger partial charge in [-0.3, -0.25) is 0 Å². The van der Waals surface area contributed by atoms with Gasteiger partial charge in [0.15, 0.2) is 31.5 Å². The molecule has 26 nitrogen and oxygen atoms in total. The van der Waals surface area contributed by atoms with Crippen molar-refractivity contribution in [2.45, 2.75) is 298 Å². The lowest BCUT2D eigenvalue weighted by Gasteiger charge is -2.71. The Hall–Kier alpha value is -1.30. The highest BCUT2D eigenvalue weighted by Gasteiger charge is 2.72. The molecule has 0 aromatic carbocycles. The van der Waals surface area contributed by atoms with Crippen molar-refractivity contribution < 1.29 is 129 Å². The van der Waals surface area contributed by atoms with Crippen LogP contribution in [0.3, 0.4) is 0 Å². The maximum atomic E-state index is 12.9. The van der Waals surface area contributed by atoms with Gasteiger partial charge in [0.2, 0.25) is 0 Å². The molecule has 9 aliphatic rings. The topological polar surface area (TPSA) is 416 Å². The summed E-state index contributed by atoms with van der Waals surface area (Å²) in [6, 6.07) is 0. The van der Waals surface area contributed by atoms with Crippen LogP contribution >= 0.6 is 0 Å². The molecule has 0 radical (unpaired) electrons. The first-order chi connectivity index (χ1) is 40.2. The lowest BCUT2D eigenvalue weighted by molar-refractivity contribution is -0.372. The fourth-order valence-electron chi connectivity index (χ4n) is 17.5. The molecule has 0 aromatic rings. The highest BCUT2D eigenvalue weighted by atomic mass is 16.8. The molecule has 0 spiro atoms. The minimum atomic E-state index is -1.87. The van der Waals surface area contributed by atoms with Gasteiger partial charge in [0.05, 0.1) is 49.8 Å². The minimum Gasteiger partial charge on any atom is -0.394 e. The molecular formula is C60H102O26. The van der Waals surface area contributed by atoms with Gasteiger partial charge in [0.1, 0.15) is 110 Å². The normalized spacial score (nSPS) is 53.8. The Balaban J connectivity index is 0.884. The molecule has 498 valence electrons. The van der Waals surface area contributed by atoms with Gasteiger partial charge in [-0.15, -0.1) is 0 Å². The van der Waals surface area contributed by atoms with E-state index in [1.807, 2.05) is 20.8 Å². The zero-order valence-corrected chi connectivity index (χ0v) is 51.2. The predicted molar refractivity (Wildman–Crippen MR) is 296 cm³/mol. The summed E-state index contributed by atoms with van der Waals surface area (Å²) in [5, 5.41) is 175. The predicted octanol–water partition coefficient (Wildman–Crippen LogP) is -2.32. The molecule has 26 heteroatoms. The Morgan fingerprint density at radius 1 is 0.512 bits per heavy atom. The molecule has 0 aromatic heterocycles. The van der Waals surface area contributed by atoms with Crippen LogP contribution in [0.5, 0.6) is 0 Å². The van der Waals surface area contributed by atoms with Crippen molar-refractivity contribution in [3.05, 3.63) is 11.6 Å². The quantitative estimate of drug-likeness (QED) is 0.0537. The lowest BCUT2D eigenvalue weighted by atomic mass is 9.35. The Morgan fingerprint density at radius 3 is 1.59 bits per heavy atom. The Kier molecular flexibility index (Phi) is 21.1. The first-order valence-corrected chi connectivity index (χ1v) is 31.1. The molecule has 86 heavy (non-hydrogen) atoms. The SMILES string of the molecule is CC(C)=CCC[C@](C)(O[C@@H]1O[C@H](CO[C@@H]2O[C@H](C)[C@H](O)[C@H](O)[C@@H]2O)[C@@H](O)[C@@H](O)[C@@H]1O)[C@H]1CC[C@]2(C)[C@H]1[C@H](O)C[C@H]1[C@@]3(C)CC[C@H](O[C@@H]4O[C@H](CO[C@@H]5O[C@@H](C)[C@H](O)[C@@H](O)[C@@H]5O[C@H]5O[C@@H](CO)[C@@H](O)[C@H](O)[C@H]5O)[C@@H](O)[C@H](O)[C@H]4O)C(C)(C)[C@@H]3CC[C@@]12C. The standard InChI is InChI=1S/C60H102O26/c1-24(2)12-11-16-60(10,86-54-49(76)44(71)40(67)31(83-54)22-77-51-46(73)41(68)36(63)25(3)79-51)27-13-18-59(9)35(27)28(62)20-33-57(7)17-15-34(56(5,6)32(57)14-19-58(33,59)8)84-52-47(74)43(70)39(66)30(82-52)23-78-55-50(45(72)37(64)26(4)80-55)85-53-48(75)42(69)38(65)29(21-61)81-53/h12,25-55,61-76H,11,13-23H2,1-10H3/t25-,26+,27+,28-,29+,30-,31-,32+,33+,34+,35-,36+,37+,38-,39-,40-,41+,42+,43+,44-,45-,46+,47-,48-,49+,50+,51-,52+,53-,54+,55-,57+,58+,59-,60+/m1/s1. The third-order valence-electron chi connectivity index (χ3n) is 22.9. The van der Waals surface area contributed by atoms with Gasteiger partial charge >= 0.3 is 0 Å². The molecule has 35 atom stereocenters. The van der Waals surface area contributed by atoms with Crippen LogP contribution in [0, 0.1) is 45.3 Å². The van der Waals surface area contributed by atoms with E-state index in [0.29, 0.717) is 38.5 Å². The number of ether oxygens (including phenoxy) is 10. The molecule has 9 rings (SSSR count). The number of rotatable bonds is 17. The highest BCUT2D eigenvalue weighted by molar-refractivity contribution is 5.21. The van der Waals surface area contributed by atoms with Crippen LogP contribution in [0.4, 0.5) is 0 Å². The highest BCUT2D eigenvalue weighted by Crippen LogP contribution is 2.76. The number of aliphatic hydroxyl groups excluding tert-OH is 16. The van der Waals surface area contributed by atoms with Crippen molar-refractivity contribution in [2.24, 2.45) is 45.3 Å². The number of hydrogen-bond donors (Lipinski definition) is 16. The summed E-state index contributed by atoms with van der Waals surface area (Å²) in [4.78, 5) is 0. The summed E-state index contributed by atoms with van der Waals surface area (Å²) in [6.07, 6.45) is -32.1. The zero-order valence-electron chi connectivity index (χ0n) is 51.2. The van der Waals surface area contributed by atoms with Crippen molar-refractivity contribution >= 4 is 0 Å². The van der Waals surface area contributed by atoms with Crippen molar-refractivity contribution in [3.8, 4) is 0 Å². The lowest BCUT2D eigenvalue weighted by Crippen LogP contribution is -2.67. The van der Waals surface area contributed by atoms with E-state index >= 15 is 0 Å². The van der Waals surface area contributed by atoms with Gasteiger partial charge in [-0.2, -0.15) is 0 Å². The third kappa shape index (κ3) is 12.3. The summed E-state index contributed by atoms with van der Waals surface area (Å²) in [7, 11) is 0. The van der Waals surface area contributed by atoms with Gasteiger partial charge in [0, 0.05) is 0 Å². The van der Waals surface area contributed by atoms with Gasteiger partial charge in [-0.25, -0.2) is 0 Å². The molecule has 4 saturated carbocycles. The van der Waals surface area contributed by atoms with Crippen LogP contribution in [0.1, 0.15) is 127 Å². The van der Waals surface area contributed by atoms with Crippen LogP contribution in [0.15, 0.2) is 11.6 Å². The Morgan fingerprint density at radius 2 is 1.00 bits per heavy atom. The largest absolute Gasteiger partial charge is 0.394 e. The monoisotopic (exact) mass is 1240 g/mol. The first-order valence-electron chi connectivity index (χ1n) is 31.1. The summed E-state index contributed by atoms with van der Waals surface area (Å²) in [5.74, 6) is -0.462. The number of aliphatic hydroxyl groups is 16. The molecule has 0 unspecified atom stereocenters. The first kappa shape index (κ1) is 69.1. The van der Waals surface area contributed by atoms with E-state index in [2.05, 4.69) is 40.7 Å². The minimum absolute atomic E-state index is 0.0360. The van der Waals surface area contributed by atoms with Gasteiger partial charge in [-0.05, 0) is 138 Å². The summed E-state index contributed by atoms with van der Waals surface area (Å²) >= 11 is 0. The van der Waals surface area contributed by atoms with Crippen LogP contribution in [-0.4, -0.2) is 273 Å². The maximum Gasteiger partial charge on any atom is 0.187 e. The fraction of sp³-hybridized carbons (Fsp3) is 0.967. The second-order valence-corrected chi connectivity index (χ2v) is 28.6. The van der Waals surface area contributed by atoms with Gasteiger partial charge < -0.3 is 129 Å². The van der Waals surface area contributed by atoms with E-state index in [1.165, 1.54) is 13.8 Å². The third-order valence-corrected chi connectivity index (χ3v) is 22.9. The molecular weight excluding hydrogens is 1140 g/mol. The summed E-state index contributed by atoms with van der Waals surface area (Å²) in [6.45, 7) is 18.4. The number of allylic oxidation sites excluding steroid dienone is 2. The number of fused-ring (bicyclic) bond motifs is 5. The van der Waals surface area contributed by atoms with E-state index in [4.69, 9.17) is 47.4 Å². The van der Waals surface area contributed by atoms with E-state index in [-0.39, 0.29) is 34.5 Å². The average Bonchev–Trinajstić information content (AvgIpc) is 1.23. The molecule has 5 aliphatic heterocycles. The van der Waals surface area contributed by atoms with Crippen LogP contribution in [0.2, 0.25) is 0 Å². The van der Waals surface area contributed by atoms with Crippen molar-refractivity contribution in [1.29, 1.82) is 0 Å². The van der Waals surface area contributed by atoms with E-state index in [1.54, 1.807) is 0 Å². The molecule has 4 aliphatic carbocycles. The van der Waals surface area contributed by atoms with Crippen LogP contribution in [0.25, 0.3) is 0 Å². The van der Waals surface area contributed by atoms with E-state index in [9.17, 15) is 81.7 Å². The molecule has 5 saturated heterocycles. The molecule has 5 heterocycles. The van der Waals surface area contributed by atoms with Crippen LogP contribution < -0.4 is 0 Å². The van der Waals surface area contributed by atoms with Gasteiger partial charge in [0.25, 0.3) is 0 Å². The van der Waals surface area contributed by atoms with Crippen molar-refractivity contribution in [2.75, 3.05) is 19.8 Å². The summed E-state index contributed by atoms with van der Waals surface area (Å²) in [5.41, 5.74) is -1.57. The fourth-order valence-corrected chi connectivity index (χ4v) is 17.5. The second-order valence-electron chi connectivity index (χ2n) is 28.6. The smallest absolute Gasteiger partial charge is 0.187 e. The number of hydrogen-bond acceptors (Lipinski definition) is 26. The molecule has 0 bridgehead atoms. The van der Waals surface area contributed by atoms with Crippen molar-refractivity contribution in [3.63, 3.8) is 0 Å². The van der Waals surface area contributed by atoms with Gasteiger partial charge in [-0.1, -0.05) is 46.3 Å². The molecule has 0 amide bonds. The Bertz CT molecular complexity index is 2280. The molecule has 16 N–H and O–H groups in total. The van der Waals surface area contributed by atoms with E-state index < -0.39 is 202 Å². The van der Waals surface area contributed by atoms with E-state index in [0.717, 1.165) is 24.8 Å². The van der Waals surface area contributed by atoms with Crippen LogP contribution in [-0.2, 0) is 47.4 Å². The zero-order chi connectivity index (χ0) is 63.2. The Labute approximate surface area is 502 Å².